The van der Waals surface area contributed by atoms with E-state index in [1.165, 1.54) is 19.3 Å². The predicted octanol–water partition coefficient (Wildman–Crippen LogP) is 2.40. The van der Waals surface area contributed by atoms with Crippen molar-refractivity contribution in [1.29, 1.82) is 0 Å². The van der Waals surface area contributed by atoms with Gasteiger partial charge in [-0.15, -0.1) is 0 Å². The number of aryl methyl sites for hydroxylation is 1. The van der Waals surface area contributed by atoms with Gasteiger partial charge < -0.3 is 9.80 Å². The van der Waals surface area contributed by atoms with Gasteiger partial charge in [0.05, 0.1) is 16.4 Å². The summed E-state index contributed by atoms with van der Waals surface area (Å²) in [5.41, 5.74) is 1.56. The van der Waals surface area contributed by atoms with Gasteiger partial charge >= 0.3 is 0 Å². The van der Waals surface area contributed by atoms with E-state index in [2.05, 4.69) is 5.10 Å². The van der Waals surface area contributed by atoms with Gasteiger partial charge in [0.2, 0.25) is 11.8 Å². The second-order valence-corrected chi connectivity index (χ2v) is 7.56. The maximum absolute atomic E-state index is 12.6. The van der Waals surface area contributed by atoms with Crippen LogP contribution in [0.25, 0.3) is 0 Å². The average molecular weight is 367 g/mol. The van der Waals surface area contributed by atoms with E-state index in [0.717, 1.165) is 24.2 Å². The van der Waals surface area contributed by atoms with Crippen LogP contribution in [-0.2, 0) is 16.1 Å². The van der Waals surface area contributed by atoms with Crippen LogP contribution in [0.1, 0.15) is 43.5 Å². The Balaban J connectivity index is 1.52. The highest BCUT2D eigenvalue weighted by Crippen LogP contribution is 2.26. The van der Waals surface area contributed by atoms with E-state index in [0.29, 0.717) is 31.2 Å². The molecule has 1 aromatic heterocycles. The molecular weight excluding hydrogens is 340 g/mol. The van der Waals surface area contributed by atoms with E-state index in [1.54, 1.807) is 4.68 Å². The Morgan fingerprint density at radius 1 is 1.04 bits per heavy atom. The maximum Gasteiger partial charge on any atom is 0.244 e. The normalized spacial score (nSPS) is 19.3. The van der Waals surface area contributed by atoms with Gasteiger partial charge in [0.25, 0.3) is 0 Å². The molecule has 2 fully saturated rings. The number of aromatic nitrogens is 2. The van der Waals surface area contributed by atoms with Crippen LogP contribution in [0.4, 0.5) is 0 Å². The summed E-state index contributed by atoms with van der Waals surface area (Å²) in [4.78, 5) is 28.9. The molecule has 138 valence electrons. The topological polar surface area (TPSA) is 58.4 Å². The molecule has 0 N–H and O–H groups in total. The summed E-state index contributed by atoms with van der Waals surface area (Å²) in [7, 11) is 0. The van der Waals surface area contributed by atoms with Crippen molar-refractivity contribution >= 4 is 23.4 Å². The third kappa shape index (κ3) is 4.00. The van der Waals surface area contributed by atoms with Crippen LogP contribution >= 0.6 is 11.6 Å². The van der Waals surface area contributed by atoms with Gasteiger partial charge in [-0.25, -0.2) is 0 Å². The van der Waals surface area contributed by atoms with Gasteiger partial charge in [-0.3, -0.25) is 14.3 Å². The zero-order chi connectivity index (χ0) is 18.0. The first-order valence-electron chi connectivity index (χ1n) is 9.23. The summed E-state index contributed by atoms with van der Waals surface area (Å²) in [5, 5.41) is 4.94. The first-order valence-corrected chi connectivity index (χ1v) is 9.61. The molecule has 3 rings (SSSR count). The quantitative estimate of drug-likeness (QED) is 0.825. The molecule has 7 heteroatoms. The van der Waals surface area contributed by atoms with E-state index >= 15 is 0 Å². The molecule has 2 aliphatic rings. The van der Waals surface area contributed by atoms with Crippen LogP contribution in [0.5, 0.6) is 0 Å². The molecule has 1 aliphatic heterocycles. The van der Waals surface area contributed by atoms with Gasteiger partial charge in [-0.2, -0.15) is 5.10 Å². The number of amides is 2. The molecule has 0 aromatic carbocycles. The van der Waals surface area contributed by atoms with Crippen molar-refractivity contribution in [2.45, 2.75) is 52.5 Å². The van der Waals surface area contributed by atoms with Crippen molar-refractivity contribution < 1.29 is 9.59 Å². The molecule has 2 heterocycles. The lowest BCUT2D eigenvalue weighted by molar-refractivity contribution is -0.143. The number of halogens is 1. The summed E-state index contributed by atoms with van der Waals surface area (Å²) in [6.45, 7) is 6.39. The number of carbonyl (C=O) groups excluding carboxylic acids is 2. The first kappa shape index (κ1) is 18.2. The van der Waals surface area contributed by atoms with Crippen molar-refractivity contribution in [1.82, 2.24) is 19.6 Å². The van der Waals surface area contributed by atoms with Crippen molar-refractivity contribution in [3.05, 3.63) is 16.4 Å². The third-order valence-corrected chi connectivity index (χ3v) is 6.02. The third-order valence-electron chi connectivity index (χ3n) is 5.48. The summed E-state index contributed by atoms with van der Waals surface area (Å²) in [6.07, 6.45) is 5.63. The lowest BCUT2D eigenvalue weighted by atomic mass is 9.88. The molecule has 1 saturated heterocycles. The minimum absolute atomic E-state index is 0.0343. The van der Waals surface area contributed by atoms with E-state index in [1.807, 2.05) is 23.6 Å². The average Bonchev–Trinajstić information content (AvgIpc) is 2.88. The Morgan fingerprint density at radius 2 is 1.64 bits per heavy atom. The van der Waals surface area contributed by atoms with Crippen LogP contribution in [0, 0.1) is 19.8 Å². The van der Waals surface area contributed by atoms with E-state index in [-0.39, 0.29) is 24.3 Å². The van der Waals surface area contributed by atoms with Crippen molar-refractivity contribution in [2.24, 2.45) is 5.92 Å². The second-order valence-electron chi connectivity index (χ2n) is 7.18. The lowest BCUT2D eigenvalue weighted by Gasteiger charge is -2.37. The number of carbonyl (C=O) groups is 2. The van der Waals surface area contributed by atoms with Crippen LogP contribution < -0.4 is 0 Å². The summed E-state index contributed by atoms with van der Waals surface area (Å²) in [5.74, 6) is 0.525. The summed E-state index contributed by atoms with van der Waals surface area (Å²) >= 11 is 6.14. The highest BCUT2D eigenvalue weighted by molar-refractivity contribution is 6.31. The Kier molecular flexibility index (Phi) is 5.67. The summed E-state index contributed by atoms with van der Waals surface area (Å²) < 4.78 is 1.67. The monoisotopic (exact) mass is 366 g/mol. The van der Waals surface area contributed by atoms with Crippen LogP contribution in [0.15, 0.2) is 0 Å². The number of rotatable bonds is 3. The molecule has 0 unspecified atom stereocenters. The molecule has 1 aliphatic carbocycles. The number of hydrogen-bond acceptors (Lipinski definition) is 3. The van der Waals surface area contributed by atoms with Crippen LogP contribution in [-0.4, -0.2) is 57.6 Å². The molecular formula is C18H27ClN4O2. The highest BCUT2D eigenvalue weighted by Gasteiger charge is 2.29. The highest BCUT2D eigenvalue weighted by atomic mass is 35.5. The molecule has 6 nitrogen and oxygen atoms in total. The van der Waals surface area contributed by atoms with Gasteiger partial charge in [-0.1, -0.05) is 30.9 Å². The molecule has 0 atom stereocenters. The fraction of sp³-hybridized carbons (Fsp3) is 0.722. The molecule has 0 spiro atoms. The number of hydrogen-bond donors (Lipinski definition) is 0. The van der Waals surface area contributed by atoms with Crippen LogP contribution in [0.2, 0.25) is 5.02 Å². The minimum Gasteiger partial charge on any atom is -0.339 e. The molecule has 1 saturated carbocycles. The zero-order valence-electron chi connectivity index (χ0n) is 15.1. The Hall–Kier alpha value is -1.56. The SMILES string of the molecule is Cc1nn(CC(=O)N2CCN(C(=O)C3CCCCC3)CC2)c(C)c1Cl. The predicted molar refractivity (Wildman–Crippen MR) is 96.4 cm³/mol. The molecule has 0 bridgehead atoms. The number of piperazine rings is 1. The smallest absolute Gasteiger partial charge is 0.244 e. The summed E-state index contributed by atoms with van der Waals surface area (Å²) in [6, 6.07) is 0. The molecule has 25 heavy (non-hydrogen) atoms. The standard InChI is InChI=1S/C18H27ClN4O2/c1-13-17(19)14(2)23(20-13)12-16(24)21-8-10-22(11-9-21)18(25)15-6-4-3-5-7-15/h15H,3-12H2,1-2H3. The zero-order valence-corrected chi connectivity index (χ0v) is 15.9. The fourth-order valence-electron chi connectivity index (χ4n) is 3.84. The van der Waals surface area contributed by atoms with Gasteiger partial charge in [0, 0.05) is 32.1 Å². The van der Waals surface area contributed by atoms with Crippen LogP contribution in [0.3, 0.4) is 0 Å². The lowest BCUT2D eigenvalue weighted by Crippen LogP contribution is -2.52. The first-order chi connectivity index (χ1) is 12.0. The fourth-order valence-corrected chi connectivity index (χ4v) is 3.98. The Bertz CT molecular complexity index is 644. The van der Waals surface area contributed by atoms with Gasteiger partial charge in [0.1, 0.15) is 6.54 Å². The Labute approximate surface area is 154 Å². The maximum atomic E-state index is 12.6. The van der Waals surface area contributed by atoms with Crippen molar-refractivity contribution in [2.75, 3.05) is 26.2 Å². The van der Waals surface area contributed by atoms with E-state index in [9.17, 15) is 9.59 Å². The van der Waals surface area contributed by atoms with Gasteiger partial charge in [-0.05, 0) is 26.7 Å². The second kappa shape index (κ2) is 7.77. The molecule has 2 amide bonds. The molecule has 0 radical (unpaired) electrons. The van der Waals surface area contributed by atoms with Crippen molar-refractivity contribution in [3.8, 4) is 0 Å². The number of nitrogens with zero attached hydrogens (tertiary/aromatic N) is 4. The largest absolute Gasteiger partial charge is 0.339 e. The van der Waals surface area contributed by atoms with Gasteiger partial charge in [0.15, 0.2) is 0 Å². The minimum atomic E-state index is 0.0343. The Morgan fingerprint density at radius 3 is 2.20 bits per heavy atom. The molecule has 1 aromatic rings. The van der Waals surface area contributed by atoms with E-state index in [4.69, 9.17) is 11.6 Å². The van der Waals surface area contributed by atoms with Crippen molar-refractivity contribution in [3.63, 3.8) is 0 Å². The van der Waals surface area contributed by atoms with E-state index < -0.39 is 0 Å².